The summed E-state index contributed by atoms with van der Waals surface area (Å²) in [5.74, 6) is 0.613. The van der Waals surface area contributed by atoms with E-state index in [4.69, 9.17) is 9.47 Å². The molecule has 0 spiro atoms. The molecule has 0 fully saturated rings. The van der Waals surface area contributed by atoms with Crippen molar-refractivity contribution in [1.29, 1.82) is 0 Å². The summed E-state index contributed by atoms with van der Waals surface area (Å²) in [4.78, 5) is 36.1. The fourth-order valence-corrected chi connectivity index (χ4v) is 2.21. The van der Waals surface area contributed by atoms with Crippen LogP contribution in [0.1, 0.15) is 15.9 Å². The molecule has 2 aromatic rings. The molecule has 0 saturated heterocycles. The molecule has 0 aliphatic carbocycles. The van der Waals surface area contributed by atoms with Gasteiger partial charge in [-0.3, -0.25) is 14.2 Å². The van der Waals surface area contributed by atoms with Crippen LogP contribution in [-0.2, 0) is 14.1 Å². The van der Waals surface area contributed by atoms with E-state index < -0.39 is 11.2 Å². The minimum atomic E-state index is -0.469. The average molecular weight is 330 g/mol. The molecule has 0 aliphatic rings. The van der Waals surface area contributed by atoms with Crippen LogP contribution in [0.3, 0.4) is 0 Å². The first kappa shape index (κ1) is 17.3. The van der Waals surface area contributed by atoms with Gasteiger partial charge in [0.1, 0.15) is 11.5 Å². The number of rotatable bonds is 5. The first-order valence-electron chi connectivity index (χ1n) is 7.10. The number of methoxy groups -OCH3 is 2. The van der Waals surface area contributed by atoms with Gasteiger partial charge in [-0.1, -0.05) is 0 Å². The van der Waals surface area contributed by atoms with Gasteiger partial charge < -0.3 is 14.0 Å². The molecule has 7 nitrogen and oxygen atoms in total. The third-order valence-corrected chi connectivity index (χ3v) is 3.56. The van der Waals surface area contributed by atoms with Gasteiger partial charge in [0.2, 0.25) is 0 Å². The van der Waals surface area contributed by atoms with Crippen LogP contribution in [0.2, 0.25) is 0 Å². The van der Waals surface area contributed by atoms with Crippen LogP contribution in [0.4, 0.5) is 0 Å². The van der Waals surface area contributed by atoms with Crippen molar-refractivity contribution in [3.8, 4) is 11.5 Å². The maximum absolute atomic E-state index is 12.4. The summed E-state index contributed by atoms with van der Waals surface area (Å²) >= 11 is 0. The SMILES string of the molecule is COc1ccc(C(=O)/C=C/c2cn(C)c(=O)n(C)c2=O)c(OC)c1. The van der Waals surface area contributed by atoms with Crippen LogP contribution < -0.4 is 20.7 Å². The third kappa shape index (κ3) is 3.29. The number of aryl methyl sites for hydroxylation is 1. The Bertz CT molecular complexity index is 922. The number of aromatic nitrogens is 2. The Hall–Kier alpha value is -3.09. The maximum atomic E-state index is 12.4. The molecule has 24 heavy (non-hydrogen) atoms. The Labute approximate surface area is 138 Å². The Morgan fingerprint density at radius 3 is 2.46 bits per heavy atom. The molecule has 0 radical (unpaired) electrons. The molecule has 2 rings (SSSR count). The highest BCUT2D eigenvalue weighted by atomic mass is 16.5. The second-order valence-electron chi connectivity index (χ2n) is 5.11. The summed E-state index contributed by atoms with van der Waals surface area (Å²) < 4.78 is 12.5. The molecule has 0 bridgehead atoms. The minimum absolute atomic E-state index is 0.237. The Morgan fingerprint density at radius 1 is 1.12 bits per heavy atom. The van der Waals surface area contributed by atoms with E-state index >= 15 is 0 Å². The van der Waals surface area contributed by atoms with Gasteiger partial charge in [-0.05, 0) is 24.3 Å². The number of carbonyl (C=O) groups excluding carboxylic acids is 1. The predicted molar refractivity (Wildman–Crippen MR) is 89.8 cm³/mol. The fraction of sp³-hybridized carbons (Fsp3) is 0.235. The number of hydrogen-bond donors (Lipinski definition) is 0. The van der Waals surface area contributed by atoms with Crippen molar-refractivity contribution < 1.29 is 14.3 Å². The summed E-state index contributed by atoms with van der Waals surface area (Å²) in [6, 6.07) is 4.84. The van der Waals surface area contributed by atoms with Gasteiger partial charge in [0, 0.05) is 26.4 Å². The molecule has 0 unspecified atom stereocenters. The first-order valence-corrected chi connectivity index (χ1v) is 7.10. The molecule has 7 heteroatoms. The molecular formula is C17H18N2O5. The average Bonchev–Trinajstić information content (AvgIpc) is 2.60. The Kier molecular flexibility index (Phi) is 5.03. The normalized spacial score (nSPS) is 10.8. The van der Waals surface area contributed by atoms with Gasteiger partial charge in [-0.2, -0.15) is 0 Å². The number of ether oxygens (including phenoxy) is 2. The quantitative estimate of drug-likeness (QED) is 0.603. The zero-order chi connectivity index (χ0) is 17.9. The van der Waals surface area contributed by atoms with Crippen LogP contribution in [0, 0.1) is 0 Å². The van der Waals surface area contributed by atoms with Gasteiger partial charge in [0.15, 0.2) is 5.78 Å². The Morgan fingerprint density at radius 2 is 1.83 bits per heavy atom. The van der Waals surface area contributed by atoms with Crippen LogP contribution in [0.15, 0.2) is 40.1 Å². The number of ketones is 1. The van der Waals surface area contributed by atoms with Gasteiger partial charge in [-0.25, -0.2) is 4.79 Å². The minimum Gasteiger partial charge on any atom is -0.497 e. The highest BCUT2D eigenvalue weighted by molar-refractivity contribution is 6.08. The molecule has 0 atom stereocenters. The molecule has 0 amide bonds. The van der Waals surface area contributed by atoms with Crippen molar-refractivity contribution in [1.82, 2.24) is 9.13 Å². The van der Waals surface area contributed by atoms with Crippen molar-refractivity contribution >= 4 is 11.9 Å². The monoisotopic (exact) mass is 330 g/mol. The highest BCUT2D eigenvalue weighted by Crippen LogP contribution is 2.25. The van der Waals surface area contributed by atoms with E-state index in [2.05, 4.69) is 0 Å². The number of carbonyl (C=O) groups is 1. The number of benzene rings is 1. The van der Waals surface area contributed by atoms with E-state index in [-0.39, 0.29) is 11.3 Å². The predicted octanol–water partition coefficient (Wildman–Crippen LogP) is 0.997. The van der Waals surface area contributed by atoms with Crippen LogP contribution in [0.25, 0.3) is 6.08 Å². The van der Waals surface area contributed by atoms with E-state index in [9.17, 15) is 14.4 Å². The molecule has 0 aliphatic heterocycles. The third-order valence-electron chi connectivity index (χ3n) is 3.56. The lowest BCUT2D eigenvalue weighted by atomic mass is 10.1. The van der Waals surface area contributed by atoms with Gasteiger partial charge in [0.25, 0.3) is 5.56 Å². The van der Waals surface area contributed by atoms with Crippen LogP contribution in [-0.4, -0.2) is 29.1 Å². The van der Waals surface area contributed by atoms with Crippen molar-refractivity contribution in [3.63, 3.8) is 0 Å². The number of hydrogen-bond acceptors (Lipinski definition) is 5. The van der Waals surface area contributed by atoms with Gasteiger partial charge >= 0.3 is 5.69 Å². The molecule has 0 N–H and O–H groups in total. The van der Waals surface area contributed by atoms with E-state index in [1.54, 1.807) is 18.2 Å². The van der Waals surface area contributed by atoms with Crippen molar-refractivity contribution in [2.24, 2.45) is 14.1 Å². The second kappa shape index (κ2) is 6.99. The van der Waals surface area contributed by atoms with Crippen molar-refractivity contribution in [2.45, 2.75) is 0 Å². The lowest BCUT2D eigenvalue weighted by Gasteiger charge is -2.08. The zero-order valence-electron chi connectivity index (χ0n) is 13.9. The summed E-state index contributed by atoms with van der Waals surface area (Å²) in [7, 11) is 5.90. The molecule has 1 aromatic carbocycles. The standard InChI is InChI=1S/C17H18N2O5/c1-18-10-11(16(21)19(2)17(18)22)5-8-14(20)13-7-6-12(23-3)9-15(13)24-4/h5-10H,1-4H3/b8-5+. The van der Waals surface area contributed by atoms with Gasteiger partial charge in [-0.15, -0.1) is 0 Å². The summed E-state index contributed by atoms with van der Waals surface area (Å²) in [6.45, 7) is 0. The molecule has 1 aromatic heterocycles. The van der Waals surface area contributed by atoms with E-state index in [1.807, 2.05) is 0 Å². The second-order valence-corrected chi connectivity index (χ2v) is 5.11. The highest BCUT2D eigenvalue weighted by Gasteiger charge is 2.11. The smallest absolute Gasteiger partial charge is 0.330 e. The summed E-state index contributed by atoms with van der Waals surface area (Å²) in [5, 5.41) is 0. The van der Waals surface area contributed by atoms with Crippen molar-refractivity contribution in [3.05, 3.63) is 62.4 Å². The van der Waals surface area contributed by atoms with Gasteiger partial charge in [0.05, 0.1) is 25.3 Å². The molecule has 0 saturated carbocycles. The van der Waals surface area contributed by atoms with E-state index in [1.165, 1.54) is 51.2 Å². The largest absolute Gasteiger partial charge is 0.497 e. The molecule has 1 heterocycles. The Balaban J connectivity index is 2.39. The lowest BCUT2D eigenvalue weighted by Crippen LogP contribution is -2.37. The number of nitrogens with zero attached hydrogens (tertiary/aromatic N) is 2. The van der Waals surface area contributed by atoms with E-state index in [0.717, 1.165) is 4.57 Å². The van der Waals surface area contributed by atoms with E-state index in [0.29, 0.717) is 17.1 Å². The van der Waals surface area contributed by atoms with Crippen LogP contribution >= 0.6 is 0 Å². The summed E-state index contributed by atoms with van der Waals surface area (Å²) in [6.07, 6.45) is 4.04. The fourth-order valence-electron chi connectivity index (χ4n) is 2.21. The zero-order valence-corrected chi connectivity index (χ0v) is 13.9. The molecule has 126 valence electrons. The maximum Gasteiger partial charge on any atom is 0.330 e. The van der Waals surface area contributed by atoms with Crippen molar-refractivity contribution in [2.75, 3.05) is 14.2 Å². The first-order chi connectivity index (χ1) is 11.4. The topological polar surface area (TPSA) is 79.5 Å². The van der Waals surface area contributed by atoms with Crippen LogP contribution in [0.5, 0.6) is 11.5 Å². The summed E-state index contributed by atoms with van der Waals surface area (Å²) in [5.41, 5.74) is -0.319. The molecular weight excluding hydrogens is 312 g/mol. The number of allylic oxidation sites excluding steroid dienone is 1. The lowest BCUT2D eigenvalue weighted by molar-refractivity contribution is 0.104.